The number of hydrogen-bond donors (Lipinski definition) is 1. The van der Waals surface area contributed by atoms with Crippen LogP contribution in [-0.4, -0.2) is 46.8 Å². The van der Waals surface area contributed by atoms with E-state index < -0.39 is 0 Å². The topological polar surface area (TPSA) is 50.2 Å². The summed E-state index contributed by atoms with van der Waals surface area (Å²) in [7, 11) is 0. The van der Waals surface area contributed by atoms with Crippen LogP contribution < -0.4 is 5.32 Å². The van der Waals surface area contributed by atoms with E-state index in [2.05, 4.69) is 43.0 Å². The Morgan fingerprint density at radius 1 is 1.48 bits per heavy atom. The number of nitrogens with one attached hydrogen (secondary N) is 1. The monoisotopic (exact) mass is 292 g/mol. The second-order valence-corrected chi connectivity index (χ2v) is 6.96. The number of rotatable bonds is 4. The van der Waals surface area contributed by atoms with Crippen LogP contribution in [0.2, 0.25) is 0 Å². The zero-order chi connectivity index (χ0) is 15.5. The highest BCUT2D eigenvalue weighted by Gasteiger charge is 2.20. The lowest BCUT2D eigenvalue weighted by Crippen LogP contribution is -2.40. The Hall–Kier alpha value is -1.36. The van der Waals surface area contributed by atoms with Gasteiger partial charge in [-0.15, -0.1) is 0 Å². The van der Waals surface area contributed by atoms with E-state index >= 15 is 0 Å². The van der Waals surface area contributed by atoms with Crippen LogP contribution in [0.1, 0.15) is 50.9 Å². The summed E-state index contributed by atoms with van der Waals surface area (Å²) in [6.07, 6.45) is 5.92. The van der Waals surface area contributed by atoms with Crippen LogP contribution in [0.5, 0.6) is 0 Å². The first kappa shape index (κ1) is 16.0. The molecule has 21 heavy (non-hydrogen) atoms. The molecule has 1 fully saturated rings. The standard InChI is InChI=1S/C16H28N4O/c1-5-19-8-6-7-13(11-19)9-17-15(21)14-10-18-20(12-14)16(2,3)4/h10,12-13H,5-9,11H2,1-4H3,(H,17,21)/t13-/m1/s1. The molecule has 0 aromatic carbocycles. The average Bonchev–Trinajstić information content (AvgIpc) is 2.95. The predicted octanol–water partition coefficient (Wildman–Crippen LogP) is 2.10. The third kappa shape index (κ3) is 4.30. The molecule has 5 nitrogen and oxygen atoms in total. The molecular weight excluding hydrogens is 264 g/mol. The van der Waals surface area contributed by atoms with Crippen molar-refractivity contribution in [3.8, 4) is 0 Å². The van der Waals surface area contributed by atoms with E-state index in [0.29, 0.717) is 11.5 Å². The lowest BCUT2D eigenvalue weighted by Gasteiger charge is -2.31. The predicted molar refractivity (Wildman–Crippen MR) is 84.4 cm³/mol. The molecule has 2 rings (SSSR count). The molecule has 0 radical (unpaired) electrons. The third-order valence-electron chi connectivity index (χ3n) is 4.13. The highest BCUT2D eigenvalue weighted by atomic mass is 16.1. The number of amides is 1. The zero-order valence-electron chi connectivity index (χ0n) is 13.7. The fraction of sp³-hybridized carbons (Fsp3) is 0.750. The summed E-state index contributed by atoms with van der Waals surface area (Å²) in [5.41, 5.74) is 0.553. The van der Waals surface area contributed by atoms with Crippen LogP contribution in [0.25, 0.3) is 0 Å². The van der Waals surface area contributed by atoms with Gasteiger partial charge in [-0.3, -0.25) is 9.48 Å². The Kier molecular flexibility index (Phi) is 5.04. The molecule has 1 aliphatic heterocycles. The van der Waals surface area contributed by atoms with Crippen LogP contribution >= 0.6 is 0 Å². The molecular formula is C16H28N4O. The smallest absolute Gasteiger partial charge is 0.254 e. The van der Waals surface area contributed by atoms with E-state index in [0.717, 1.165) is 19.6 Å². The summed E-state index contributed by atoms with van der Waals surface area (Å²) in [6, 6.07) is 0. The molecule has 0 bridgehead atoms. The van der Waals surface area contributed by atoms with Crippen LogP contribution in [-0.2, 0) is 5.54 Å². The summed E-state index contributed by atoms with van der Waals surface area (Å²) < 4.78 is 1.83. The Balaban J connectivity index is 1.86. The van der Waals surface area contributed by atoms with E-state index in [1.54, 1.807) is 6.20 Å². The fourth-order valence-corrected chi connectivity index (χ4v) is 2.75. The van der Waals surface area contributed by atoms with Gasteiger partial charge in [0.2, 0.25) is 0 Å². The van der Waals surface area contributed by atoms with Crippen LogP contribution in [0.3, 0.4) is 0 Å². The molecule has 0 unspecified atom stereocenters. The van der Waals surface area contributed by atoms with Gasteiger partial charge in [-0.1, -0.05) is 6.92 Å². The summed E-state index contributed by atoms with van der Waals surface area (Å²) in [4.78, 5) is 14.7. The molecule has 1 aliphatic rings. The zero-order valence-corrected chi connectivity index (χ0v) is 13.7. The molecule has 1 atom stereocenters. The molecule has 0 spiro atoms. The molecule has 1 aromatic heterocycles. The fourth-order valence-electron chi connectivity index (χ4n) is 2.75. The van der Waals surface area contributed by atoms with Crippen molar-refractivity contribution in [1.82, 2.24) is 20.0 Å². The molecule has 2 heterocycles. The summed E-state index contributed by atoms with van der Waals surface area (Å²) in [5, 5.41) is 7.34. The minimum atomic E-state index is -0.0937. The maximum atomic E-state index is 12.2. The number of hydrogen-bond acceptors (Lipinski definition) is 3. The Labute approximate surface area is 127 Å². The Morgan fingerprint density at radius 2 is 2.24 bits per heavy atom. The highest BCUT2D eigenvalue weighted by molar-refractivity contribution is 5.93. The Morgan fingerprint density at radius 3 is 2.86 bits per heavy atom. The van der Waals surface area contributed by atoms with Crippen molar-refractivity contribution in [3.05, 3.63) is 18.0 Å². The normalized spacial score (nSPS) is 20.5. The largest absolute Gasteiger partial charge is 0.352 e. The molecule has 1 saturated heterocycles. The van der Waals surface area contributed by atoms with Gasteiger partial charge >= 0.3 is 0 Å². The van der Waals surface area contributed by atoms with Crippen LogP contribution in [0.15, 0.2) is 12.4 Å². The van der Waals surface area contributed by atoms with Gasteiger partial charge in [0, 0.05) is 19.3 Å². The minimum absolute atomic E-state index is 0.0147. The second kappa shape index (κ2) is 6.60. The lowest BCUT2D eigenvalue weighted by molar-refractivity contribution is 0.0933. The maximum absolute atomic E-state index is 12.2. The first-order valence-electron chi connectivity index (χ1n) is 7.96. The number of nitrogens with zero attached hydrogens (tertiary/aromatic N) is 3. The highest BCUT2D eigenvalue weighted by Crippen LogP contribution is 2.16. The Bertz CT molecular complexity index is 475. The number of piperidine rings is 1. The first-order chi connectivity index (χ1) is 9.90. The summed E-state index contributed by atoms with van der Waals surface area (Å²) in [6.45, 7) is 12.6. The van der Waals surface area contributed by atoms with Crippen LogP contribution in [0.4, 0.5) is 0 Å². The molecule has 0 aliphatic carbocycles. The van der Waals surface area contributed by atoms with E-state index in [1.807, 2.05) is 10.9 Å². The van der Waals surface area contributed by atoms with Crippen LogP contribution in [0, 0.1) is 5.92 Å². The third-order valence-corrected chi connectivity index (χ3v) is 4.13. The average molecular weight is 292 g/mol. The van der Waals surface area contributed by atoms with Crippen molar-refractivity contribution in [2.45, 2.75) is 46.1 Å². The SMILES string of the molecule is CCN1CCC[C@H](CNC(=O)c2cnn(C(C)(C)C)c2)C1. The van der Waals surface area contributed by atoms with Gasteiger partial charge < -0.3 is 10.2 Å². The van der Waals surface area contributed by atoms with E-state index in [4.69, 9.17) is 0 Å². The number of carbonyl (C=O) groups excluding carboxylic acids is 1. The minimum Gasteiger partial charge on any atom is -0.352 e. The van der Waals surface area contributed by atoms with Crippen molar-refractivity contribution < 1.29 is 4.79 Å². The molecule has 5 heteroatoms. The van der Waals surface area contributed by atoms with Gasteiger partial charge in [0.15, 0.2) is 0 Å². The van der Waals surface area contributed by atoms with Crippen molar-refractivity contribution in [3.63, 3.8) is 0 Å². The first-order valence-corrected chi connectivity index (χ1v) is 7.96. The van der Waals surface area contributed by atoms with Gasteiger partial charge in [-0.25, -0.2) is 0 Å². The second-order valence-electron chi connectivity index (χ2n) is 6.96. The summed E-state index contributed by atoms with van der Waals surface area (Å²) in [5.74, 6) is 0.555. The van der Waals surface area contributed by atoms with Crippen molar-refractivity contribution in [1.29, 1.82) is 0 Å². The van der Waals surface area contributed by atoms with Crippen molar-refractivity contribution >= 4 is 5.91 Å². The maximum Gasteiger partial charge on any atom is 0.254 e. The molecule has 118 valence electrons. The molecule has 1 aromatic rings. The van der Waals surface area contributed by atoms with Crippen molar-refractivity contribution in [2.75, 3.05) is 26.2 Å². The van der Waals surface area contributed by atoms with E-state index in [1.165, 1.54) is 19.4 Å². The van der Waals surface area contributed by atoms with Gasteiger partial charge in [-0.05, 0) is 52.6 Å². The van der Waals surface area contributed by atoms with E-state index in [9.17, 15) is 4.79 Å². The van der Waals surface area contributed by atoms with Gasteiger partial charge in [0.25, 0.3) is 5.91 Å². The van der Waals surface area contributed by atoms with Gasteiger partial charge in [-0.2, -0.15) is 5.10 Å². The van der Waals surface area contributed by atoms with Crippen molar-refractivity contribution in [2.24, 2.45) is 5.92 Å². The molecule has 0 saturated carbocycles. The number of aromatic nitrogens is 2. The van der Waals surface area contributed by atoms with Gasteiger partial charge in [0.05, 0.1) is 17.3 Å². The molecule has 1 N–H and O–H groups in total. The quantitative estimate of drug-likeness (QED) is 0.924. The summed E-state index contributed by atoms with van der Waals surface area (Å²) >= 11 is 0. The van der Waals surface area contributed by atoms with Gasteiger partial charge in [0.1, 0.15) is 0 Å². The molecule has 1 amide bonds. The lowest BCUT2D eigenvalue weighted by atomic mass is 9.98. The van der Waals surface area contributed by atoms with E-state index in [-0.39, 0.29) is 11.4 Å². The number of likely N-dealkylation sites (tertiary alicyclic amines) is 1. The number of carbonyl (C=O) groups is 1.